The highest BCUT2D eigenvalue weighted by Gasteiger charge is 2.52. The maximum Gasteiger partial charge on any atom is 0.491 e. The van der Waals surface area contributed by atoms with Gasteiger partial charge in [-0.15, -0.1) is 0 Å². The minimum atomic E-state index is -0.357. The monoisotopic (exact) mass is 280 g/mol. The second kappa shape index (κ2) is 5.00. The van der Waals surface area contributed by atoms with Gasteiger partial charge in [-0.25, -0.2) is 4.98 Å². The van der Waals surface area contributed by atoms with Crippen molar-refractivity contribution in [3.63, 3.8) is 0 Å². The van der Waals surface area contributed by atoms with Crippen LogP contribution in [0.1, 0.15) is 33.4 Å². The summed E-state index contributed by atoms with van der Waals surface area (Å²) in [4.78, 5) is 4.29. The van der Waals surface area contributed by atoms with E-state index in [-0.39, 0.29) is 18.3 Å². The number of imidazole rings is 1. The van der Waals surface area contributed by atoms with E-state index in [1.807, 2.05) is 51.6 Å². The van der Waals surface area contributed by atoms with Crippen molar-refractivity contribution in [1.82, 2.24) is 9.55 Å². The van der Waals surface area contributed by atoms with E-state index in [1.54, 1.807) is 6.33 Å². The van der Waals surface area contributed by atoms with E-state index >= 15 is 0 Å². The number of hydrogen-bond acceptors (Lipinski definition) is 4. The molecule has 104 valence electrons. The van der Waals surface area contributed by atoms with Gasteiger partial charge in [0.1, 0.15) is 0 Å². The molecular weight excluding hydrogens is 259 g/mol. The molecule has 0 aromatic carbocycles. The molecule has 1 aliphatic heterocycles. The normalized spacial score (nSPS) is 22.0. The Morgan fingerprint density at radius 3 is 2.37 bits per heavy atom. The van der Waals surface area contributed by atoms with Gasteiger partial charge in [0.25, 0.3) is 0 Å². The fourth-order valence-corrected chi connectivity index (χ4v) is 2.12. The zero-order valence-electron chi connectivity index (χ0n) is 12.2. The fraction of sp³-hybridized carbons (Fsp3) is 0.615. The molecule has 1 aliphatic rings. The lowest BCUT2D eigenvalue weighted by Crippen LogP contribution is -2.41. The first kappa shape index (κ1) is 14.7. The number of aromatic nitrogens is 2. The molecule has 0 radical (unpaired) electrons. The summed E-state index contributed by atoms with van der Waals surface area (Å²) in [5, 5.41) is 0. The van der Waals surface area contributed by atoms with Gasteiger partial charge in [0.05, 0.1) is 23.2 Å². The van der Waals surface area contributed by atoms with Gasteiger partial charge in [-0.2, -0.15) is 12.6 Å². The van der Waals surface area contributed by atoms with Crippen molar-refractivity contribution < 1.29 is 9.31 Å². The van der Waals surface area contributed by atoms with Gasteiger partial charge in [-0.1, -0.05) is 0 Å². The van der Waals surface area contributed by atoms with Crippen LogP contribution in [0, 0.1) is 0 Å². The van der Waals surface area contributed by atoms with Gasteiger partial charge in [-0.3, -0.25) is 0 Å². The largest absolute Gasteiger partial charge is 0.491 e. The Balaban J connectivity index is 2.23. The maximum absolute atomic E-state index is 6.02. The van der Waals surface area contributed by atoms with E-state index in [2.05, 4.69) is 17.6 Å². The topological polar surface area (TPSA) is 36.3 Å². The van der Waals surface area contributed by atoms with Gasteiger partial charge in [0.2, 0.25) is 0 Å². The van der Waals surface area contributed by atoms with Gasteiger partial charge < -0.3 is 13.9 Å². The second-order valence-electron chi connectivity index (χ2n) is 5.93. The van der Waals surface area contributed by atoms with Gasteiger partial charge in [0.15, 0.2) is 0 Å². The van der Waals surface area contributed by atoms with Gasteiger partial charge in [0, 0.05) is 19.0 Å². The third-order valence-electron chi connectivity index (χ3n) is 3.80. The van der Waals surface area contributed by atoms with Crippen molar-refractivity contribution in [2.24, 2.45) is 7.05 Å². The molecule has 0 spiro atoms. The van der Waals surface area contributed by atoms with E-state index in [4.69, 9.17) is 9.31 Å². The molecule has 19 heavy (non-hydrogen) atoms. The lowest BCUT2D eigenvalue weighted by molar-refractivity contribution is 0.00578. The number of aryl methyl sites for hydroxylation is 1. The van der Waals surface area contributed by atoms with E-state index in [9.17, 15) is 0 Å². The van der Waals surface area contributed by atoms with E-state index in [1.165, 1.54) is 0 Å². The Morgan fingerprint density at radius 1 is 1.37 bits per heavy atom. The van der Waals surface area contributed by atoms with Crippen molar-refractivity contribution in [1.29, 1.82) is 0 Å². The lowest BCUT2D eigenvalue weighted by atomic mass is 9.79. The molecule has 0 aliphatic carbocycles. The highest BCUT2D eigenvalue weighted by molar-refractivity contribution is 7.80. The fourth-order valence-electron chi connectivity index (χ4n) is 1.88. The van der Waals surface area contributed by atoms with E-state index in [0.717, 1.165) is 11.2 Å². The summed E-state index contributed by atoms with van der Waals surface area (Å²) in [5.74, 6) is 0.577. The Kier molecular flexibility index (Phi) is 3.86. The van der Waals surface area contributed by atoms with Gasteiger partial charge in [-0.05, 0) is 39.2 Å². The molecule has 6 heteroatoms. The average Bonchev–Trinajstić information content (AvgIpc) is 2.78. The van der Waals surface area contributed by atoms with Crippen LogP contribution in [0.15, 0.2) is 18.0 Å². The minimum absolute atomic E-state index is 0.330. The van der Waals surface area contributed by atoms with Crippen LogP contribution in [0.4, 0.5) is 0 Å². The first-order valence-electron chi connectivity index (χ1n) is 6.40. The SMILES string of the molecule is Cn1cnc(C=C(CS)B2OC(C)(C)C(C)(C)O2)c1. The first-order valence-corrected chi connectivity index (χ1v) is 7.03. The third-order valence-corrected chi connectivity index (χ3v) is 4.16. The lowest BCUT2D eigenvalue weighted by Gasteiger charge is -2.32. The molecule has 0 unspecified atom stereocenters. The standard InChI is InChI=1S/C13H21BN2O2S/c1-12(2)13(3,4)18-14(17-12)10(8-19)6-11-7-16(5)9-15-11/h6-7,9,19H,8H2,1-5H3. The molecule has 1 saturated heterocycles. The highest BCUT2D eigenvalue weighted by Crippen LogP contribution is 2.38. The Bertz CT molecular complexity index is 481. The molecule has 0 atom stereocenters. The summed E-state index contributed by atoms with van der Waals surface area (Å²) in [7, 11) is 1.59. The van der Waals surface area contributed by atoms with Crippen LogP contribution in [-0.2, 0) is 16.4 Å². The Hall–Kier alpha value is -0.715. The van der Waals surface area contributed by atoms with Crippen LogP contribution in [0.3, 0.4) is 0 Å². The van der Waals surface area contributed by atoms with Crippen molar-refractivity contribution >= 4 is 25.8 Å². The number of rotatable bonds is 3. The molecular formula is C13H21BN2O2S. The molecule has 2 rings (SSSR count). The van der Waals surface area contributed by atoms with Crippen LogP contribution in [0.5, 0.6) is 0 Å². The molecule has 1 aromatic rings. The molecule has 1 aromatic heterocycles. The highest BCUT2D eigenvalue weighted by atomic mass is 32.1. The third kappa shape index (κ3) is 2.90. The number of thiol groups is 1. The summed E-state index contributed by atoms with van der Waals surface area (Å²) in [6.45, 7) is 8.18. The number of hydrogen-bond donors (Lipinski definition) is 1. The average molecular weight is 280 g/mol. The zero-order chi connectivity index (χ0) is 14.3. The summed E-state index contributed by atoms with van der Waals surface area (Å²) in [6, 6.07) is 0. The summed E-state index contributed by atoms with van der Waals surface area (Å²) < 4.78 is 14.0. The van der Waals surface area contributed by atoms with Gasteiger partial charge >= 0.3 is 7.12 Å². The predicted molar refractivity (Wildman–Crippen MR) is 81.1 cm³/mol. The Morgan fingerprint density at radius 2 is 1.95 bits per heavy atom. The van der Waals surface area contributed by atoms with Crippen LogP contribution in [0.2, 0.25) is 0 Å². The minimum Gasteiger partial charge on any atom is -0.400 e. The smallest absolute Gasteiger partial charge is 0.400 e. The first-order chi connectivity index (χ1) is 8.75. The summed E-state index contributed by atoms with van der Waals surface area (Å²) in [5.41, 5.74) is 1.22. The van der Waals surface area contributed by atoms with Crippen molar-refractivity contribution in [2.75, 3.05) is 5.75 Å². The van der Waals surface area contributed by atoms with Crippen LogP contribution >= 0.6 is 12.6 Å². The van der Waals surface area contributed by atoms with E-state index < -0.39 is 0 Å². The van der Waals surface area contributed by atoms with Crippen molar-refractivity contribution in [2.45, 2.75) is 38.9 Å². The van der Waals surface area contributed by atoms with Crippen LogP contribution in [-0.4, -0.2) is 33.6 Å². The van der Waals surface area contributed by atoms with Crippen LogP contribution in [0.25, 0.3) is 6.08 Å². The van der Waals surface area contributed by atoms with Crippen molar-refractivity contribution in [3.05, 3.63) is 23.7 Å². The second-order valence-corrected chi connectivity index (χ2v) is 6.25. The van der Waals surface area contributed by atoms with Crippen LogP contribution < -0.4 is 0 Å². The van der Waals surface area contributed by atoms with E-state index in [0.29, 0.717) is 5.75 Å². The quantitative estimate of drug-likeness (QED) is 0.682. The Labute approximate surface area is 120 Å². The molecule has 2 heterocycles. The number of nitrogens with zero attached hydrogens (tertiary/aromatic N) is 2. The summed E-state index contributed by atoms with van der Waals surface area (Å²) >= 11 is 4.38. The summed E-state index contributed by atoms with van der Waals surface area (Å²) in [6.07, 6.45) is 5.70. The molecule has 1 fully saturated rings. The molecule has 0 N–H and O–H groups in total. The maximum atomic E-state index is 6.02. The zero-order valence-corrected chi connectivity index (χ0v) is 13.1. The molecule has 0 bridgehead atoms. The predicted octanol–water partition coefficient (Wildman–Crippen LogP) is 2.36. The molecule has 0 saturated carbocycles. The molecule has 0 amide bonds. The molecule has 4 nitrogen and oxygen atoms in total. The van der Waals surface area contributed by atoms with Crippen molar-refractivity contribution in [3.8, 4) is 0 Å².